The second-order valence-corrected chi connectivity index (χ2v) is 8.69. The number of carbonyl (C=O) groups is 2. The highest BCUT2D eigenvalue weighted by Crippen LogP contribution is 2.40. The van der Waals surface area contributed by atoms with Gasteiger partial charge in [-0.05, 0) is 47.9 Å². The molecule has 31 heavy (non-hydrogen) atoms. The third-order valence-electron chi connectivity index (χ3n) is 4.95. The van der Waals surface area contributed by atoms with Crippen molar-refractivity contribution in [1.82, 2.24) is 4.90 Å². The van der Waals surface area contributed by atoms with E-state index in [4.69, 9.17) is 9.47 Å². The second-order valence-electron chi connectivity index (χ2n) is 7.77. The number of benzene rings is 2. The van der Waals surface area contributed by atoms with E-state index in [1.54, 1.807) is 24.3 Å². The number of ketones is 1. The summed E-state index contributed by atoms with van der Waals surface area (Å²) in [5.41, 5.74) is 1.24. The van der Waals surface area contributed by atoms with E-state index in [1.165, 1.54) is 12.0 Å². The third kappa shape index (κ3) is 5.17. The zero-order valence-corrected chi connectivity index (χ0v) is 19.4. The Morgan fingerprint density at radius 3 is 2.48 bits per heavy atom. The highest BCUT2D eigenvalue weighted by molar-refractivity contribution is 9.10. The van der Waals surface area contributed by atoms with Crippen molar-refractivity contribution in [2.24, 2.45) is 5.92 Å². The van der Waals surface area contributed by atoms with Crippen molar-refractivity contribution in [3.63, 3.8) is 0 Å². The fourth-order valence-electron chi connectivity index (χ4n) is 3.45. The number of Topliss-reactive ketones (excluding diaryl/α,β-unsaturated/α-hetero) is 1. The van der Waals surface area contributed by atoms with Crippen molar-refractivity contribution in [3.05, 3.63) is 69.7 Å². The van der Waals surface area contributed by atoms with Crippen molar-refractivity contribution in [1.29, 1.82) is 0 Å². The molecule has 0 aliphatic carbocycles. The van der Waals surface area contributed by atoms with Gasteiger partial charge in [0.05, 0.1) is 24.8 Å². The summed E-state index contributed by atoms with van der Waals surface area (Å²) in [6, 6.07) is 13.5. The Kier molecular flexibility index (Phi) is 7.51. The molecular weight excluding hydrogens is 462 g/mol. The fourth-order valence-corrected chi connectivity index (χ4v) is 3.87. The van der Waals surface area contributed by atoms with Gasteiger partial charge in [-0.25, -0.2) is 0 Å². The predicted molar refractivity (Wildman–Crippen MR) is 122 cm³/mol. The van der Waals surface area contributed by atoms with Gasteiger partial charge in [0.15, 0.2) is 0 Å². The largest absolute Gasteiger partial charge is 0.507 e. The number of nitrogens with zero attached hydrogens (tertiary/aromatic N) is 1. The van der Waals surface area contributed by atoms with E-state index in [9.17, 15) is 14.7 Å². The highest BCUT2D eigenvalue weighted by Gasteiger charge is 2.45. The van der Waals surface area contributed by atoms with Crippen LogP contribution in [0.25, 0.3) is 5.76 Å². The van der Waals surface area contributed by atoms with Gasteiger partial charge in [-0.3, -0.25) is 9.59 Å². The quantitative estimate of drug-likeness (QED) is 0.335. The van der Waals surface area contributed by atoms with Gasteiger partial charge in [-0.15, -0.1) is 0 Å². The topological polar surface area (TPSA) is 76.1 Å². The molecule has 1 aliphatic heterocycles. The van der Waals surface area contributed by atoms with Crippen LogP contribution in [0.3, 0.4) is 0 Å². The number of ether oxygens (including phenoxy) is 2. The standard InChI is InChI=1S/C24H26BrNO5/c1-15(2)14-31-19-9-7-16(8-10-19)22(27)20-21(17-5-4-6-18(25)13-17)26(11-12-30-3)24(29)23(20)28/h4-10,13,15,21,27H,11-12,14H2,1-3H3/b22-20+. The average Bonchev–Trinajstić information content (AvgIpc) is 3.01. The van der Waals surface area contributed by atoms with Crippen LogP contribution in [-0.2, 0) is 14.3 Å². The van der Waals surface area contributed by atoms with Crippen LogP contribution in [0, 0.1) is 5.92 Å². The minimum absolute atomic E-state index is 0.0649. The van der Waals surface area contributed by atoms with Crippen LogP contribution in [-0.4, -0.2) is 48.6 Å². The smallest absolute Gasteiger partial charge is 0.295 e. The number of carbonyl (C=O) groups excluding carboxylic acids is 2. The van der Waals surface area contributed by atoms with E-state index < -0.39 is 17.7 Å². The summed E-state index contributed by atoms with van der Waals surface area (Å²) in [5, 5.41) is 11.1. The average molecular weight is 488 g/mol. The number of aliphatic hydroxyl groups is 1. The van der Waals surface area contributed by atoms with Gasteiger partial charge in [0.1, 0.15) is 11.5 Å². The molecule has 6 nitrogen and oxygen atoms in total. The van der Waals surface area contributed by atoms with Crippen LogP contribution >= 0.6 is 15.9 Å². The summed E-state index contributed by atoms with van der Waals surface area (Å²) >= 11 is 3.44. The maximum absolute atomic E-state index is 12.9. The molecule has 7 heteroatoms. The van der Waals surface area contributed by atoms with Gasteiger partial charge in [-0.1, -0.05) is 41.9 Å². The Morgan fingerprint density at radius 2 is 1.87 bits per heavy atom. The number of hydrogen-bond donors (Lipinski definition) is 1. The summed E-state index contributed by atoms with van der Waals surface area (Å²) < 4.78 is 11.6. The molecule has 3 rings (SSSR count). The molecular formula is C24H26BrNO5. The first kappa shape index (κ1) is 23.0. The molecule has 0 saturated carbocycles. The zero-order valence-electron chi connectivity index (χ0n) is 17.8. The fraction of sp³-hybridized carbons (Fsp3) is 0.333. The predicted octanol–water partition coefficient (Wildman–Crippen LogP) is 4.55. The van der Waals surface area contributed by atoms with Crippen LogP contribution in [0.1, 0.15) is 31.0 Å². The Morgan fingerprint density at radius 1 is 1.16 bits per heavy atom. The second kappa shape index (κ2) is 10.1. The molecule has 2 aromatic rings. The Balaban J connectivity index is 2.03. The summed E-state index contributed by atoms with van der Waals surface area (Å²) in [6.45, 7) is 5.21. The zero-order chi connectivity index (χ0) is 22.5. The first-order chi connectivity index (χ1) is 14.8. The van der Waals surface area contributed by atoms with E-state index in [2.05, 4.69) is 29.8 Å². The number of rotatable bonds is 8. The summed E-state index contributed by atoms with van der Waals surface area (Å²) in [6.07, 6.45) is 0. The number of aliphatic hydroxyl groups excluding tert-OH is 1. The lowest BCUT2D eigenvalue weighted by Gasteiger charge is -2.25. The van der Waals surface area contributed by atoms with Gasteiger partial charge in [-0.2, -0.15) is 0 Å². The highest BCUT2D eigenvalue weighted by atomic mass is 79.9. The van der Waals surface area contributed by atoms with Gasteiger partial charge in [0, 0.05) is 23.7 Å². The minimum atomic E-state index is -0.710. The lowest BCUT2D eigenvalue weighted by molar-refractivity contribution is -0.140. The molecule has 1 saturated heterocycles. The monoisotopic (exact) mass is 487 g/mol. The van der Waals surface area contributed by atoms with Crippen molar-refractivity contribution >= 4 is 33.4 Å². The van der Waals surface area contributed by atoms with E-state index >= 15 is 0 Å². The molecule has 0 aromatic heterocycles. The SMILES string of the molecule is COCCN1C(=O)C(=O)/C(=C(/O)c2ccc(OCC(C)C)cc2)C1c1cccc(Br)c1. The Bertz CT molecular complexity index is 984. The van der Waals surface area contributed by atoms with E-state index in [1.807, 2.05) is 24.3 Å². The Labute approximate surface area is 190 Å². The lowest BCUT2D eigenvalue weighted by atomic mass is 9.95. The molecule has 1 N–H and O–H groups in total. The number of likely N-dealkylation sites (tertiary alicyclic amines) is 1. The van der Waals surface area contributed by atoms with Crippen molar-refractivity contribution in [2.75, 3.05) is 26.9 Å². The third-order valence-corrected chi connectivity index (χ3v) is 5.45. The van der Waals surface area contributed by atoms with Gasteiger partial charge < -0.3 is 19.5 Å². The molecule has 2 aromatic carbocycles. The van der Waals surface area contributed by atoms with Crippen LogP contribution in [0.15, 0.2) is 58.6 Å². The molecule has 0 spiro atoms. The molecule has 1 heterocycles. The maximum atomic E-state index is 12.9. The van der Waals surface area contributed by atoms with E-state index in [0.717, 1.165) is 10.0 Å². The maximum Gasteiger partial charge on any atom is 0.295 e. The van der Waals surface area contributed by atoms with Gasteiger partial charge in [0.25, 0.3) is 11.7 Å². The summed E-state index contributed by atoms with van der Waals surface area (Å²) in [5.74, 6) is -0.506. The molecule has 1 amide bonds. The van der Waals surface area contributed by atoms with E-state index in [-0.39, 0.29) is 24.5 Å². The molecule has 1 aliphatic rings. The van der Waals surface area contributed by atoms with Crippen molar-refractivity contribution < 1.29 is 24.2 Å². The number of halogens is 1. The van der Waals surface area contributed by atoms with Crippen molar-refractivity contribution in [3.8, 4) is 5.75 Å². The lowest BCUT2D eigenvalue weighted by Crippen LogP contribution is -2.32. The number of hydrogen-bond acceptors (Lipinski definition) is 5. The molecule has 1 atom stereocenters. The normalized spacial score (nSPS) is 18.1. The summed E-state index contributed by atoms with van der Waals surface area (Å²) in [7, 11) is 1.54. The molecule has 164 valence electrons. The van der Waals surface area contributed by atoms with Crippen LogP contribution < -0.4 is 4.74 Å². The first-order valence-corrected chi connectivity index (χ1v) is 10.9. The van der Waals surface area contributed by atoms with Gasteiger partial charge >= 0.3 is 0 Å². The Hall–Kier alpha value is -2.64. The van der Waals surface area contributed by atoms with E-state index in [0.29, 0.717) is 23.8 Å². The van der Waals surface area contributed by atoms with Crippen LogP contribution in [0.2, 0.25) is 0 Å². The number of amides is 1. The molecule has 1 fully saturated rings. The van der Waals surface area contributed by atoms with Gasteiger partial charge in [0.2, 0.25) is 0 Å². The number of methoxy groups -OCH3 is 1. The molecule has 1 unspecified atom stereocenters. The molecule has 0 bridgehead atoms. The van der Waals surface area contributed by atoms with Crippen LogP contribution in [0.5, 0.6) is 5.75 Å². The minimum Gasteiger partial charge on any atom is -0.507 e. The first-order valence-electron chi connectivity index (χ1n) is 10.1. The van der Waals surface area contributed by atoms with Crippen molar-refractivity contribution in [2.45, 2.75) is 19.9 Å². The summed E-state index contributed by atoms with van der Waals surface area (Å²) in [4.78, 5) is 27.1. The molecule has 0 radical (unpaired) electrons. The van der Waals surface area contributed by atoms with Crippen LogP contribution in [0.4, 0.5) is 0 Å².